The van der Waals surface area contributed by atoms with Crippen LogP contribution in [-0.4, -0.2) is 32.1 Å². The van der Waals surface area contributed by atoms with Crippen LogP contribution in [0, 0.1) is 6.92 Å². The number of aryl methyl sites for hydroxylation is 1. The van der Waals surface area contributed by atoms with Crippen molar-refractivity contribution >= 4 is 23.2 Å². The highest BCUT2D eigenvalue weighted by Crippen LogP contribution is 2.34. The molecule has 1 aliphatic heterocycles. The fourth-order valence-electron chi connectivity index (χ4n) is 3.47. The van der Waals surface area contributed by atoms with Crippen molar-refractivity contribution in [2.75, 3.05) is 30.5 Å². The number of anilines is 2. The van der Waals surface area contributed by atoms with E-state index < -0.39 is 0 Å². The van der Waals surface area contributed by atoms with Crippen LogP contribution in [0.3, 0.4) is 0 Å². The Kier molecular flexibility index (Phi) is 6.42. The molecule has 1 aliphatic rings. The zero-order valence-corrected chi connectivity index (χ0v) is 17.5. The Morgan fingerprint density at radius 1 is 1.17 bits per heavy atom. The van der Waals surface area contributed by atoms with Crippen LogP contribution in [-0.2, 0) is 9.59 Å². The van der Waals surface area contributed by atoms with Gasteiger partial charge in [-0.05, 0) is 48.6 Å². The van der Waals surface area contributed by atoms with E-state index in [9.17, 15) is 9.59 Å². The highest BCUT2D eigenvalue weighted by atomic mass is 16.5. The van der Waals surface area contributed by atoms with Crippen LogP contribution in [0.1, 0.15) is 43.7 Å². The van der Waals surface area contributed by atoms with E-state index in [-0.39, 0.29) is 18.4 Å². The van der Waals surface area contributed by atoms with Crippen LogP contribution in [0.25, 0.3) is 0 Å². The Hall–Kier alpha value is -3.02. The monoisotopic (exact) mass is 396 g/mol. The Balaban J connectivity index is 1.67. The van der Waals surface area contributed by atoms with Crippen LogP contribution >= 0.6 is 0 Å². The van der Waals surface area contributed by atoms with E-state index >= 15 is 0 Å². The summed E-state index contributed by atoms with van der Waals surface area (Å²) in [5, 5.41) is 2.83. The maximum Gasteiger partial charge on any atom is 0.262 e. The molecule has 0 atom stereocenters. The van der Waals surface area contributed by atoms with Crippen molar-refractivity contribution in [2.45, 2.75) is 39.5 Å². The van der Waals surface area contributed by atoms with Crippen LogP contribution in [0.2, 0.25) is 0 Å². The SMILES string of the molecule is COc1cc(NC(=O)COc2cc(C)ccc2C(C)C)ccc1N1CCCC1=O. The molecule has 1 N–H and O–H groups in total. The second-order valence-electron chi connectivity index (χ2n) is 7.57. The third-order valence-electron chi connectivity index (χ3n) is 4.98. The quantitative estimate of drug-likeness (QED) is 0.759. The average molecular weight is 396 g/mol. The lowest BCUT2D eigenvalue weighted by Gasteiger charge is -2.20. The predicted octanol–water partition coefficient (Wildman–Crippen LogP) is 4.27. The zero-order chi connectivity index (χ0) is 21.0. The summed E-state index contributed by atoms with van der Waals surface area (Å²) in [5.74, 6) is 1.43. The van der Waals surface area contributed by atoms with E-state index in [1.54, 1.807) is 30.2 Å². The smallest absolute Gasteiger partial charge is 0.262 e. The summed E-state index contributed by atoms with van der Waals surface area (Å²) in [6.45, 7) is 6.78. The summed E-state index contributed by atoms with van der Waals surface area (Å²) in [4.78, 5) is 26.1. The molecular weight excluding hydrogens is 368 g/mol. The molecule has 2 aromatic rings. The Morgan fingerprint density at radius 3 is 2.62 bits per heavy atom. The summed E-state index contributed by atoms with van der Waals surface area (Å²) in [5.41, 5.74) is 3.48. The second-order valence-corrected chi connectivity index (χ2v) is 7.57. The lowest BCUT2D eigenvalue weighted by molar-refractivity contribution is -0.118. The zero-order valence-electron chi connectivity index (χ0n) is 17.5. The topological polar surface area (TPSA) is 67.9 Å². The van der Waals surface area contributed by atoms with E-state index in [1.165, 1.54) is 0 Å². The molecule has 154 valence electrons. The molecule has 1 fully saturated rings. The van der Waals surface area contributed by atoms with Gasteiger partial charge in [0.15, 0.2) is 6.61 Å². The predicted molar refractivity (Wildman–Crippen MR) is 114 cm³/mol. The molecule has 0 aromatic heterocycles. The van der Waals surface area contributed by atoms with E-state index in [4.69, 9.17) is 9.47 Å². The number of ether oxygens (including phenoxy) is 2. The molecule has 0 radical (unpaired) electrons. The first-order valence-corrected chi connectivity index (χ1v) is 9.90. The maximum absolute atomic E-state index is 12.4. The number of hydrogen-bond donors (Lipinski definition) is 1. The summed E-state index contributed by atoms with van der Waals surface area (Å²) in [6.07, 6.45) is 1.39. The number of methoxy groups -OCH3 is 1. The molecule has 0 saturated carbocycles. The van der Waals surface area contributed by atoms with E-state index in [2.05, 4.69) is 19.2 Å². The molecule has 2 aromatic carbocycles. The Labute approximate surface area is 171 Å². The molecule has 1 heterocycles. The van der Waals surface area contributed by atoms with E-state index in [0.29, 0.717) is 30.3 Å². The minimum absolute atomic E-state index is 0.0855. The highest BCUT2D eigenvalue weighted by Gasteiger charge is 2.24. The molecule has 0 bridgehead atoms. The van der Waals surface area contributed by atoms with Gasteiger partial charge < -0.3 is 19.7 Å². The fraction of sp³-hybridized carbons (Fsp3) is 0.391. The van der Waals surface area contributed by atoms with Gasteiger partial charge in [-0.3, -0.25) is 9.59 Å². The van der Waals surface area contributed by atoms with Gasteiger partial charge in [0, 0.05) is 24.7 Å². The van der Waals surface area contributed by atoms with Gasteiger partial charge in [-0.1, -0.05) is 26.0 Å². The maximum atomic E-state index is 12.4. The van der Waals surface area contributed by atoms with Crippen LogP contribution in [0.4, 0.5) is 11.4 Å². The number of nitrogens with zero attached hydrogens (tertiary/aromatic N) is 1. The van der Waals surface area contributed by atoms with Gasteiger partial charge in [0.25, 0.3) is 5.91 Å². The minimum Gasteiger partial charge on any atom is -0.494 e. The molecule has 0 unspecified atom stereocenters. The number of carbonyl (C=O) groups excluding carboxylic acids is 2. The Bertz CT molecular complexity index is 908. The molecule has 6 nitrogen and oxygen atoms in total. The number of rotatable bonds is 7. The highest BCUT2D eigenvalue weighted by molar-refractivity contribution is 5.98. The van der Waals surface area contributed by atoms with Crippen molar-refractivity contribution in [2.24, 2.45) is 0 Å². The third-order valence-corrected chi connectivity index (χ3v) is 4.98. The van der Waals surface area contributed by atoms with Gasteiger partial charge in [0.05, 0.1) is 12.8 Å². The number of benzene rings is 2. The Morgan fingerprint density at radius 2 is 1.97 bits per heavy atom. The van der Waals surface area contributed by atoms with Gasteiger partial charge in [0.1, 0.15) is 11.5 Å². The van der Waals surface area contributed by atoms with E-state index in [1.807, 2.05) is 25.1 Å². The summed E-state index contributed by atoms with van der Waals surface area (Å²) in [6, 6.07) is 11.3. The first-order chi connectivity index (χ1) is 13.9. The number of carbonyl (C=O) groups is 2. The first kappa shape index (κ1) is 20.7. The van der Waals surface area contributed by atoms with Gasteiger partial charge in [-0.25, -0.2) is 0 Å². The van der Waals surface area contributed by atoms with Crippen molar-refractivity contribution in [3.05, 3.63) is 47.5 Å². The number of amides is 2. The van der Waals surface area contributed by atoms with Crippen molar-refractivity contribution < 1.29 is 19.1 Å². The molecule has 1 saturated heterocycles. The number of nitrogens with one attached hydrogen (secondary N) is 1. The molecule has 29 heavy (non-hydrogen) atoms. The number of hydrogen-bond acceptors (Lipinski definition) is 4. The first-order valence-electron chi connectivity index (χ1n) is 9.90. The fourth-order valence-corrected chi connectivity index (χ4v) is 3.47. The minimum atomic E-state index is -0.256. The van der Waals surface area contributed by atoms with Crippen LogP contribution in [0.15, 0.2) is 36.4 Å². The molecule has 6 heteroatoms. The second kappa shape index (κ2) is 8.99. The van der Waals surface area contributed by atoms with Gasteiger partial charge >= 0.3 is 0 Å². The third kappa shape index (κ3) is 4.88. The molecule has 3 rings (SSSR count). The van der Waals surface area contributed by atoms with Gasteiger partial charge in [0.2, 0.25) is 5.91 Å². The van der Waals surface area contributed by atoms with Crippen molar-refractivity contribution in [1.82, 2.24) is 0 Å². The summed E-state index contributed by atoms with van der Waals surface area (Å²) >= 11 is 0. The molecular formula is C23H28N2O4. The summed E-state index contributed by atoms with van der Waals surface area (Å²) < 4.78 is 11.2. The molecule has 0 spiro atoms. The van der Waals surface area contributed by atoms with Crippen molar-refractivity contribution in [3.8, 4) is 11.5 Å². The van der Waals surface area contributed by atoms with Gasteiger partial charge in [-0.15, -0.1) is 0 Å². The van der Waals surface area contributed by atoms with Gasteiger partial charge in [-0.2, -0.15) is 0 Å². The lowest BCUT2D eigenvalue weighted by atomic mass is 10.0. The largest absolute Gasteiger partial charge is 0.494 e. The molecule has 0 aliphatic carbocycles. The van der Waals surface area contributed by atoms with E-state index in [0.717, 1.165) is 29.0 Å². The normalized spacial score (nSPS) is 13.7. The standard InChI is InChI=1S/C23H28N2O4/c1-15(2)18-9-7-16(3)12-20(18)29-14-22(26)24-17-8-10-19(21(13-17)28-4)25-11-5-6-23(25)27/h7-10,12-13,15H,5-6,11,14H2,1-4H3,(H,24,26). The summed E-state index contributed by atoms with van der Waals surface area (Å²) in [7, 11) is 1.55. The molecule has 2 amide bonds. The average Bonchev–Trinajstić information content (AvgIpc) is 3.11. The lowest BCUT2D eigenvalue weighted by Crippen LogP contribution is -2.24. The van der Waals surface area contributed by atoms with Crippen LogP contribution in [0.5, 0.6) is 11.5 Å². The van der Waals surface area contributed by atoms with Crippen molar-refractivity contribution in [1.29, 1.82) is 0 Å². The van der Waals surface area contributed by atoms with Crippen LogP contribution < -0.4 is 19.7 Å². The van der Waals surface area contributed by atoms with Crippen molar-refractivity contribution in [3.63, 3.8) is 0 Å².